The van der Waals surface area contributed by atoms with Crippen LogP contribution in [0.25, 0.3) is 0 Å². The fourth-order valence-electron chi connectivity index (χ4n) is 2.66. The highest BCUT2D eigenvalue weighted by Gasteiger charge is 2.24. The van der Waals surface area contributed by atoms with Crippen molar-refractivity contribution >= 4 is 27.2 Å². The summed E-state index contributed by atoms with van der Waals surface area (Å²) in [5, 5.41) is 0. The topological polar surface area (TPSA) is 72.2 Å². The molecule has 0 bridgehead atoms. The van der Waals surface area contributed by atoms with Crippen LogP contribution in [0.3, 0.4) is 0 Å². The maximum atomic E-state index is 13.8. The van der Waals surface area contributed by atoms with E-state index >= 15 is 0 Å². The van der Waals surface area contributed by atoms with E-state index in [1.54, 1.807) is 0 Å². The van der Waals surface area contributed by atoms with E-state index in [0.29, 0.717) is 12.5 Å². The Bertz CT molecular complexity index is 626. The number of nitrogens with one attached hydrogen (secondary N) is 1. The van der Waals surface area contributed by atoms with Gasteiger partial charge in [-0.1, -0.05) is 37.5 Å². The molecule has 21 heavy (non-hydrogen) atoms. The third-order valence-electron chi connectivity index (χ3n) is 3.80. The number of sulfonamides is 1. The zero-order valence-corrected chi connectivity index (χ0v) is 13.3. The molecule has 0 spiro atoms. The van der Waals surface area contributed by atoms with Crippen molar-refractivity contribution in [3.63, 3.8) is 0 Å². The van der Waals surface area contributed by atoms with Gasteiger partial charge in [-0.05, 0) is 30.9 Å². The lowest BCUT2D eigenvalue weighted by Gasteiger charge is -2.22. The van der Waals surface area contributed by atoms with Crippen molar-refractivity contribution in [1.29, 1.82) is 0 Å². The molecule has 1 aromatic rings. The molecule has 0 radical (unpaired) electrons. The number of rotatable bonds is 5. The monoisotopic (exact) mass is 330 g/mol. The van der Waals surface area contributed by atoms with Crippen molar-refractivity contribution in [1.82, 2.24) is 4.72 Å². The second-order valence-electron chi connectivity index (χ2n) is 5.33. The molecule has 116 valence electrons. The zero-order valence-electron chi connectivity index (χ0n) is 11.6. The van der Waals surface area contributed by atoms with E-state index in [1.807, 2.05) is 0 Å². The molecule has 4 nitrogen and oxygen atoms in total. The van der Waals surface area contributed by atoms with Crippen LogP contribution < -0.4 is 10.5 Å². The predicted octanol–water partition coefficient (Wildman–Crippen LogP) is 2.32. The van der Waals surface area contributed by atoms with E-state index in [1.165, 1.54) is 18.6 Å². The summed E-state index contributed by atoms with van der Waals surface area (Å²) in [6, 6.07) is 3.81. The molecule has 1 aliphatic rings. The maximum Gasteiger partial charge on any atom is 0.241 e. The van der Waals surface area contributed by atoms with E-state index in [0.717, 1.165) is 31.7 Å². The summed E-state index contributed by atoms with van der Waals surface area (Å²) >= 11 is 4.76. The average molecular weight is 330 g/mol. The summed E-state index contributed by atoms with van der Waals surface area (Å²) < 4.78 is 41.0. The van der Waals surface area contributed by atoms with Gasteiger partial charge in [0.2, 0.25) is 10.0 Å². The van der Waals surface area contributed by atoms with E-state index in [4.69, 9.17) is 18.0 Å². The van der Waals surface area contributed by atoms with Gasteiger partial charge in [-0.2, -0.15) is 0 Å². The minimum atomic E-state index is -3.82. The first-order valence-corrected chi connectivity index (χ1v) is 8.89. The van der Waals surface area contributed by atoms with Crippen LogP contribution >= 0.6 is 12.2 Å². The van der Waals surface area contributed by atoms with Gasteiger partial charge < -0.3 is 5.73 Å². The third kappa shape index (κ3) is 3.99. The Morgan fingerprint density at radius 2 is 2.00 bits per heavy atom. The normalized spacial score (nSPS) is 16.8. The van der Waals surface area contributed by atoms with E-state index in [-0.39, 0.29) is 15.4 Å². The number of thiocarbonyl (C=S) groups is 1. The molecular weight excluding hydrogens is 311 g/mol. The number of halogens is 1. The number of hydrogen-bond donors (Lipinski definition) is 2. The maximum absolute atomic E-state index is 13.8. The smallest absolute Gasteiger partial charge is 0.241 e. The molecule has 1 saturated carbocycles. The highest BCUT2D eigenvalue weighted by molar-refractivity contribution is 7.89. The molecule has 2 rings (SSSR count). The van der Waals surface area contributed by atoms with Gasteiger partial charge in [0.25, 0.3) is 0 Å². The van der Waals surface area contributed by atoms with Crippen molar-refractivity contribution in [2.45, 2.75) is 37.0 Å². The van der Waals surface area contributed by atoms with Gasteiger partial charge in [0, 0.05) is 6.54 Å². The van der Waals surface area contributed by atoms with Crippen LogP contribution in [-0.2, 0) is 10.0 Å². The Morgan fingerprint density at radius 1 is 1.33 bits per heavy atom. The van der Waals surface area contributed by atoms with Crippen molar-refractivity contribution in [2.75, 3.05) is 6.54 Å². The molecule has 1 fully saturated rings. The van der Waals surface area contributed by atoms with Crippen LogP contribution in [0.15, 0.2) is 23.1 Å². The lowest BCUT2D eigenvalue weighted by Crippen LogP contribution is -2.32. The standard InChI is InChI=1S/C14H19FN2O2S2/c15-11-7-4-8-12(13(11)14(16)20)21(18,19)17-9-10-5-2-1-3-6-10/h4,7-8,10,17H,1-3,5-6,9H2,(H2,16,20). The predicted molar refractivity (Wildman–Crippen MR) is 84.1 cm³/mol. The lowest BCUT2D eigenvalue weighted by atomic mass is 9.90. The van der Waals surface area contributed by atoms with Crippen LogP contribution in [0, 0.1) is 11.7 Å². The minimum absolute atomic E-state index is 0.189. The van der Waals surface area contributed by atoms with Crippen molar-refractivity contribution in [2.24, 2.45) is 11.7 Å². The molecule has 0 aromatic heterocycles. The third-order valence-corrected chi connectivity index (χ3v) is 5.47. The van der Waals surface area contributed by atoms with E-state index in [9.17, 15) is 12.8 Å². The summed E-state index contributed by atoms with van der Waals surface area (Å²) in [7, 11) is -3.82. The van der Waals surface area contributed by atoms with Gasteiger partial charge in [-0.25, -0.2) is 17.5 Å². The van der Waals surface area contributed by atoms with Gasteiger partial charge in [0.05, 0.1) is 10.5 Å². The molecule has 0 unspecified atom stereocenters. The lowest BCUT2D eigenvalue weighted by molar-refractivity contribution is 0.357. The van der Waals surface area contributed by atoms with Crippen LogP contribution in [0.1, 0.15) is 37.7 Å². The first-order valence-electron chi connectivity index (χ1n) is 7.00. The van der Waals surface area contributed by atoms with Gasteiger partial charge in [0.1, 0.15) is 10.8 Å². The summed E-state index contributed by atoms with van der Waals surface area (Å²) in [5.41, 5.74) is 5.23. The molecule has 0 saturated heterocycles. The molecule has 1 aliphatic carbocycles. The van der Waals surface area contributed by atoms with Gasteiger partial charge in [0.15, 0.2) is 0 Å². The van der Waals surface area contributed by atoms with Gasteiger partial charge in [-0.3, -0.25) is 0 Å². The van der Waals surface area contributed by atoms with Gasteiger partial charge in [-0.15, -0.1) is 0 Å². The molecule has 1 aromatic carbocycles. The largest absolute Gasteiger partial charge is 0.389 e. The molecule has 0 heterocycles. The number of nitrogens with two attached hydrogens (primary N) is 1. The first-order chi connectivity index (χ1) is 9.92. The fraction of sp³-hybridized carbons (Fsp3) is 0.500. The van der Waals surface area contributed by atoms with E-state index < -0.39 is 15.8 Å². The summed E-state index contributed by atoms with van der Waals surface area (Å²) in [4.78, 5) is -0.447. The molecule has 3 N–H and O–H groups in total. The molecule has 0 aliphatic heterocycles. The first kappa shape index (κ1) is 16.3. The second kappa shape index (κ2) is 6.81. The van der Waals surface area contributed by atoms with E-state index in [2.05, 4.69) is 4.72 Å². The molecule has 0 amide bonds. The zero-order chi connectivity index (χ0) is 15.5. The summed E-state index contributed by atoms with van der Waals surface area (Å²) in [5.74, 6) is -0.376. The number of hydrogen-bond acceptors (Lipinski definition) is 3. The SMILES string of the molecule is NC(=S)c1c(F)cccc1S(=O)(=O)NCC1CCCCC1. The van der Waals surface area contributed by atoms with Crippen molar-refractivity contribution in [3.05, 3.63) is 29.6 Å². The Hall–Kier alpha value is -1.05. The highest BCUT2D eigenvalue weighted by atomic mass is 32.2. The average Bonchev–Trinajstić information content (AvgIpc) is 2.46. The highest BCUT2D eigenvalue weighted by Crippen LogP contribution is 2.24. The van der Waals surface area contributed by atoms with Crippen LogP contribution in [0.2, 0.25) is 0 Å². The van der Waals surface area contributed by atoms with Crippen molar-refractivity contribution < 1.29 is 12.8 Å². The molecule has 7 heteroatoms. The molecular formula is C14H19FN2O2S2. The van der Waals surface area contributed by atoms with Crippen molar-refractivity contribution in [3.8, 4) is 0 Å². The van der Waals surface area contributed by atoms with Gasteiger partial charge >= 0.3 is 0 Å². The van der Waals surface area contributed by atoms with Crippen LogP contribution in [0.4, 0.5) is 4.39 Å². The fourth-order valence-corrected chi connectivity index (χ4v) is 4.28. The Balaban J connectivity index is 2.19. The Labute approximate surface area is 130 Å². The summed E-state index contributed by atoms with van der Waals surface area (Å²) in [6.45, 7) is 0.371. The van der Waals surface area contributed by atoms with Crippen LogP contribution in [0.5, 0.6) is 0 Å². The Kier molecular flexibility index (Phi) is 5.29. The molecule has 0 atom stereocenters. The second-order valence-corrected chi connectivity index (χ2v) is 7.51. The quantitative estimate of drug-likeness (QED) is 0.813. The Morgan fingerprint density at radius 3 is 2.62 bits per heavy atom. The number of benzene rings is 1. The minimum Gasteiger partial charge on any atom is -0.389 e. The summed E-state index contributed by atoms with van der Waals surface area (Å²) in [6.07, 6.45) is 5.51. The van der Waals surface area contributed by atoms with Crippen LogP contribution in [-0.4, -0.2) is 20.0 Å².